The van der Waals surface area contributed by atoms with Gasteiger partial charge in [0, 0.05) is 6.07 Å². The van der Waals surface area contributed by atoms with E-state index in [1.165, 1.54) is 25.3 Å². The van der Waals surface area contributed by atoms with Crippen molar-refractivity contribution in [1.82, 2.24) is 0 Å². The molecule has 18 heavy (non-hydrogen) atoms. The summed E-state index contributed by atoms with van der Waals surface area (Å²) in [6, 6.07) is 3.61. The summed E-state index contributed by atoms with van der Waals surface area (Å²) in [4.78, 5) is 11.8. The van der Waals surface area contributed by atoms with Gasteiger partial charge >= 0.3 is 0 Å². The van der Waals surface area contributed by atoms with Crippen LogP contribution in [0.4, 0.5) is 10.1 Å². The van der Waals surface area contributed by atoms with Gasteiger partial charge in [0.05, 0.1) is 18.8 Å². The van der Waals surface area contributed by atoms with E-state index in [0.29, 0.717) is 18.1 Å². The molecular weight excluding hydrogens is 235 g/mol. The van der Waals surface area contributed by atoms with Crippen LogP contribution in [0.3, 0.4) is 0 Å². The molecule has 0 aromatic heterocycles. The fourth-order valence-corrected chi connectivity index (χ4v) is 1.77. The van der Waals surface area contributed by atoms with Gasteiger partial charge in [-0.05, 0) is 24.5 Å². The standard InChI is InChI=1S/C13H17FN2O2/c1-18-9-4-5-10(14)12(7-9)16-13(17)11(15)6-8-2-3-8/h4-5,7-8,11H,2-3,6,15H2,1H3,(H,16,17)/t11-/m0/s1. The molecule has 1 fully saturated rings. The predicted octanol–water partition coefficient (Wildman–Crippen LogP) is 1.90. The highest BCUT2D eigenvalue weighted by Gasteiger charge is 2.27. The summed E-state index contributed by atoms with van der Waals surface area (Å²) in [7, 11) is 1.48. The van der Waals surface area contributed by atoms with Gasteiger partial charge in [-0.3, -0.25) is 4.79 Å². The molecule has 0 saturated heterocycles. The third kappa shape index (κ3) is 3.20. The lowest BCUT2D eigenvalue weighted by atomic mass is 10.1. The van der Waals surface area contributed by atoms with Gasteiger partial charge in [0.25, 0.3) is 0 Å². The molecule has 5 heteroatoms. The molecule has 0 bridgehead atoms. The zero-order valence-corrected chi connectivity index (χ0v) is 10.3. The number of ether oxygens (including phenoxy) is 1. The molecule has 4 nitrogen and oxygen atoms in total. The second-order valence-electron chi connectivity index (χ2n) is 4.62. The molecule has 0 aliphatic heterocycles. The number of halogens is 1. The quantitative estimate of drug-likeness (QED) is 0.841. The molecule has 0 radical (unpaired) electrons. The first-order valence-corrected chi connectivity index (χ1v) is 6.00. The molecular formula is C13H17FN2O2. The molecule has 1 atom stereocenters. The lowest BCUT2D eigenvalue weighted by Gasteiger charge is -2.13. The van der Waals surface area contributed by atoms with E-state index in [0.717, 1.165) is 12.8 Å². The summed E-state index contributed by atoms with van der Waals surface area (Å²) >= 11 is 0. The van der Waals surface area contributed by atoms with Gasteiger partial charge in [0.1, 0.15) is 11.6 Å². The molecule has 0 spiro atoms. The number of carbonyl (C=O) groups excluding carboxylic acids is 1. The van der Waals surface area contributed by atoms with Crippen molar-refractivity contribution in [3.63, 3.8) is 0 Å². The van der Waals surface area contributed by atoms with E-state index < -0.39 is 11.9 Å². The van der Waals surface area contributed by atoms with Gasteiger partial charge in [-0.2, -0.15) is 0 Å². The van der Waals surface area contributed by atoms with Crippen molar-refractivity contribution in [3.8, 4) is 5.75 Å². The Morgan fingerprint density at radius 3 is 2.94 bits per heavy atom. The largest absolute Gasteiger partial charge is 0.497 e. The van der Waals surface area contributed by atoms with Gasteiger partial charge in [0.15, 0.2) is 0 Å². The van der Waals surface area contributed by atoms with Crippen LogP contribution in [0.5, 0.6) is 5.75 Å². The van der Waals surface area contributed by atoms with Crippen LogP contribution in [0.2, 0.25) is 0 Å². The minimum absolute atomic E-state index is 0.102. The Morgan fingerprint density at radius 1 is 1.61 bits per heavy atom. The number of benzene rings is 1. The highest BCUT2D eigenvalue weighted by atomic mass is 19.1. The van der Waals surface area contributed by atoms with Crippen molar-refractivity contribution in [1.29, 1.82) is 0 Å². The molecule has 1 aliphatic rings. The fourth-order valence-electron chi connectivity index (χ4n) is 1.77. The number of carbonyl (C=O) groups is 1. The van der Waals surface area contributed by atoms with E-state index in [9.17, 15) is 9.18 Å². The minimum atomic E-state index is -0.580. The van der Waals surface area contributed by atoms with E-state index in [4.69, 9.17) is 10.5 Å². The van der Waals surface area contributed by atoms with E-state index >= 15 is 0 Å². The van der Waals surface area contributed by atoms with Crippen molar-refractivity contribution in [2.24, 2.45) is 11.7 Å². The normalized spacial score (nSPS) is 16.2. The van der Waals surface area contributed by atoms with E-state index in [2.05, 4.69) is 5.32 Å². The van der Waals surface area contributed by atoms with Crippen LogP contribution in [0.25, 0.3) is 0 Å². The zero-order valence-electron chi connectivity index (χ0n) is 10.3. The van der Waals surface area contributed by atoms with Gasteiger partial charge < -0.3 is 15.8 Å². The molecule has 1 amide bonds. The number of hydrogen-bond acceptors (Lipinski definition) is 3. The summed E-state index contributed by atoms with van der Waals surface area (Å²) in [5.74, 6) is 0.195. The summed E-state index contributed by atoms with van der Waals surface area (Å²) in [5, 5.41) is 2.50. The second-order valence-corrected chi connectivity index (χ2v) is 4.62. The van der Waals surface area contributed by atoms with Crippen LogP contribution < -0.4 is 15.8 Å². The van der Waals surface area contributed by atoms with Gasteiger partial charge in [-0.15, -0.1) is 0 Å². The molecule has 1 aromatic carbocycles. The summed E-state index contributed by atoms with van der Waals surface area (Å²) < 4.78 is 18.5. The molecule has 98 valence electrons. The highest BCUT2D eigenvalue weighted by Crippen LogP contribution is 2.33. The summed E-state index contributed by atoms with van der Waals surface area (Å²) in [6.07, 6.45) is 2.93. The summed E-state index contributed by atoms with van der Waals surface area (Å²) in [5.41, 5.74) is 5.86. The Hall–Kier alpha value is -1.62. The number of hydrogen-bond donors (Lipinski definition) is 2. The van der Waals surface area contributed by atoms with E-state index in [1.54, 1.807) is 0 Å². The first-order valence-electron chi connectivity index (χ1n) is 6.00. The summed E-state index contributed by atoms with van der Waals surface area (Å²) in [6.45, 7) is 0. The molecule has 3 N–H and O–H groups in total. The Labute approximate surface area is 105 Å². The number of methoxy groups -OCH3 is 1. The number of amides is 1. The Morgan fingerprint density at radius 2 is 2.33 bits per heavy atom. The van der Waals surface area contributed by atoms with Crippen LogP contribution >= 0.6 is 0 Å². The van der Waals surface area contributed by atoms with E-state index in [-0.39, 0.29) is 11.6 Å². The maximum absolute atomic E-state index is 13.5. The monoisotopic (exact) mass is 252 g/mol. The lowest BCUT2D eigenvalue weighted by molar-refractivity contribution is -0.117. The number of anilines is 1. The van der Waals surface area contributed by atoms with Crippen molar-refractivity contribution in [2.45, 2.75) is 25.3 Å². The smallest absolute Gasteiger partial charge is 0.241 e. The maximum Gasteiger partial charge on any atom is 0.241 e. The SMILES string of the molecule is COc1ccc(F)c(NC(=O)[C@@H](N)CC2CC2)c1. The van der Waals surface area contributed by atoms with Crippen LogP contribution in [-0.2, 0) is 4.79 Å². The Balaban J connectivity index is 2.00. The van der Waals surface area contributed by atoms with Gasteiger partial charge in [-0.25, -0.2) is 4.39 Å². The Kier molecular flexibility index (Phi) is 3.81. The average molecular weight is 252 g/mol. The maximum atomic E-state index is 13.5. The lowest BCUT2D eigenvalue weighted by Crippen LogP contribution is -2.36. The topological polar surface area (TPSA) is 64.3 Å². The first kappa shape index (κ1) is 12.8. The zero-order chi connectivity index (χ0) is 13.1. The van der Waals surface area contributed by atoms with E-state index in [1.807, 2.05) is 0 Å². The molecule has 1 saturated carbocycles. The number of rotatable bonds is 5. The third-order valence-electron chi connectivity index (χ3n) is 3.05. The van der Waals surface area contributed by atoms with Crippen molar-refractivity contribution < 1.29 is 13.9 Å². The molecule has 0 unspecified atom stereocenters. The van der Waals surface area contributed by atoms with Crippen LogP contribution in [0.1, 0.15) is 19.3 Å². The second kappa shape index (κ2) is 5.35. The minimum Gasteiger partial charge on any atom is -0.497 e. The van der Waals surface area contributed by atoms with Crippen molar-refractivity contribution in [3.05, 3.63) is 24.0 Å². The highest BCUT2D eigenvalue weighted by molar-refractivity contribution is 5.94. The predicted molar refractivity (Wildman–Crippen MR) is 66.9 cm³/mol. The molecule has 0 heterocycles. The van der Waals surface area contributed by atoms with Gasteiger partial charge in [-0.1, -0.05) is 12.8 Å². The van der Waals surface area contributed by atoms with Crippen LogP contribution in [0, 0.1) is 11.7 Å². The van der Waals surface area contributed by atoms with Crippen LogP contribution in [-0.4, -0.2) is 19.1 Å². The molecule has 1 aromatic rings. The number of nitrogens with one attached hydrogen (secondary N) is 1. The Bertz CT molecular complexity index is 447. The fraction of sp³-hybridized carbons (Fsp3) is 0.462. The first-order chi connectivity index (χ1) is 8.60. The van der Waals surface area contributed by atoms with Crippen molar-refractivity contribution >= 4 is 11.6 Å². The van der Waals surface area contributed by atoms with Crippen LogP contribution in [0.15, 0.2) is 18.2 Å². The number of nitrogens with two attached hydrogens (primary N) is 1. The van der Waals surface area contributed by atoms with Crippen molar-refractivity contribution in [2.75, 3.05) is 12.4 Å². The third-order valence-corrected chi connectivity index (χ3v) is 3.05. The average Bonchev–Trinajstić information content (AvgIpc) is 3.15. The van der Waals surface area contributed by atoms with Gasteiger partial charge in [0.2, 0.25) is 5.91 Å². The molecule has 2 rings (SSSR count). The molecule has 1 aliphatic carbocycles.